The van der Waals surface area contributed by atoms with Gasteiger partial charge >= 0.3 is 0 Å². The van der Waals surface area contributed by atoms with Crippen LogP contribution in [0, 0.1) is 0 Å². The van der Waals surface area contributed by atoms with Gasteiger partial charge in [-0.1, -0.05) is 0 Å². The van der Waals surface area contributed by atoms with Crippen molar-refractivity contribution in [2.45, 2.75) is 19.9 Å². The number of amides is 2. The van der Waals surface area contributed by atoms with Gasteiger partial charge in [0, 0.05) is 11.7 Å². The summed E-state index contributed by atoms with van der Waals surface area (Å²) in [5.41, 5.74) is 6.15. The van der Waals surface area contributed by atoms with Crippen LogP contribution in [0.3, 0.4) is 0 Å². The zero-order valence-electron chi connectivity index (χ0n) is 11.1. The normalized spacial score (nSPS) is 10.1. The van der Waals surface area contributed by atoms with E-state index in [1.165, 1.54) is 0 Å². The van der Waals surface area contributed by atoms with Gasteiger partial charge in [0.25, 0.3) is 5.91 Å². The van der Waals surface area contributed by atoms with Crippen LogP contribution in [-0.2, 0) is 9.59 Å². The molecule has 1 aromatic rings. The Morgan fingerprint density at radius 2 is 1.84 bits per heavy atom. The summed E-state index contributed by atoms with van der Waals surface area (Å²) in [5, 5.41) is 5.14. The summed E-state index contributed by atoms with van der Waals surface area (Å²) in [6, 6.07) is 6.77. The van der Waals surface area contributed by atoms with E-state index in [-0.39, 0.29) is 31.0 Å². The van der Waals surface area contributed by atoms with Crippen molar-refractivity contribution < 1.29 is 14.3 Å². The molecule has 19 heavy (non-hydrogen) atoms. The fourth-order valence-corrected chi connectivity index (χ4v) is 1.32. The highest BCUT2D eigenvalue weighted by molar-refractivity contribution is 5.85. The summed E-state index contributed by atoms with van der Waals surface area (Å²) >= 11 is 0. The number of hydrogen-bond acceptors (Lipinski definition) is 4. The highest BCUT2D eigenvalue weighted by Crippen LogP contribution is 2.12. The molecule has 1 rings (SSSR count). The molecule has 0 spiro atoms. The summed E-state index contributed by atoms with van der Waals surface area (Å²) in [6.07, 6.45) is 0. The zero-order valence-corrected chi connectivity index (χ0v) is 11.1. The molecule has 104 valence electrons. The third-order valence-electron chi connectivity index (χ3n) is 2.15. The number of ether oxygens (including phenoxy) is 1. The smallest absolute Gasteiger partial charge is 0.258 e. The minimum Gasteiger partial charge on any atom is -0.484 e. The van der Waals surface area contributed by atoms with Gasteiger partial charge in [-0.25, -0.2) is 0 Å². The molecule has 1 aromatic carbocycles. The van der Waals surface area contributed by atoms with Crippen LogP contribution in [0.15, 0.2) is 24.3 Å². The van der Waals surface area contributed by atoms with Gasteiger partial charge < -0.3 is 21.1 Å². The molecular formula is C13H19N3O3. The first kappa shape index (κ1) is 14.8. The van der Waals surface area contributed by atoms with E-state index in [1.807, 2.05) is 13.8 Å². The third-order valence-corrected chi connectivity index (χ3v) is 2.15. The Hall–Kier alpha value is -2.24. The van der Waals surface area contributed by atoms with Crippen LogP contribution < -0.4 is 21.1 Å². The lowest BCUT2D eigenvalue weighted by Crippen LogP contribution is -2.41. The number of hydrogen-bond donors (Lipinski definition) is 3. The van der Waals surface area contributed by atoms with Crippen molar-refractivity contribution in [1.29, 1.82) is 0 Å². The maximum absolute atomic E-state index is 11.4. The molecule has 2 amide bonds. The molecule has 0 bridgehead atoms. The van der Waals surface area contributed by atoms with E-state index in [0.717, 1.165) is 0 Å². The highest BCUT2D eigenvalue weighted by Gasteiger charge is 2.07. The number of nitrogens with one attached hydrogen (secondary N) is 2. The van der Waals surface area contributed by atoms with E-state index in [1.54, 1.807) is 24.3 Å². The Bertz CT molecular complexity index is 429. The maximum atomic E-state index is 11.4. The van der Waals surface area contributed by atoms with Crippen molar-refractivity contribution in [2.24, 2.45) is 0 Å². The topological polar surface area (TPSA) is 93.5 Å². The molecule has 0 atom stereocenters. The van der Waals surface area contributed by atoms with Gasteiger partial charge in [-0.05, 0) is 38.1 Å². The minimum absolute atomic E-state index is 0.0513. The lowest BCUT2D eigenvalue weighted by atomic mass is 10.3. The van der Waals surface area contributed by atoms with Crippen molar-refractivity contribution in [3.8, 4) is 5.75 Å². The lowest BCUT2D eigenvalue weighted by Gasteiger charge is -2.10. The molecule has 0 heterocycles. The second-order valence-corrected chi connectivity index (χ2v) is 4.36. The Morgan fingerprint density at radius 3 is 2.42 bits per heavy atom. The number of benzene rings is 1. The van der Waals surface area contributed by atoms with Gasteiger partial charge in [-0.15, -0.1) is 0 Å². The second kappa shape index (κ2) is 7.25. The lowest BCUT2D eigenvalue weighted by molar-refractivity contribution is -0.127. The van der Waals surface area contributed by atoms with Crippen LogP contribution in [0.5, 0.6) is 5.75 Å². The average molecular weight is 265 g/mol. The summed E-state index contributed by atoms with van der Waals surface area (Å²) in [7, 11) is 0. The SMILES string of the molecule is CC(C)NC(=O)CNC(=O)COc1ccc(N)cc1. The monoisotopic (exact) mass is 265 g/mol. The first-order valence-corrected chi connectivity index (χ1v) is 6.02. The quantitative estimate of drug-likeness (QED) is 0.644. The third kappa shape index (κ3) is 6.30. The largest absolute Gasteiger partial charge is 0.484 e. The number of carbonyl (C=O) groups excluding carboxylic acids is 2. The fourth-order valence-electron chi connectivity index (χ4n) is 1.32. The molecule has 0 radical (unpaired) electrons. The molecule has 6 nitrogen and oxygen atoms in total. The van der Waals surface area contributed by atoms with Gasteiger partial charge in [0.15, 0.2) is 6.61 Å². The maximum Gasteiger partial charge on any atom is 0.258 e. The molecule has 0 fully saturated rings. The van der Waals surface area contributed by atoms with Crippen LogP contribution in [0.1, 0.15) is 13.8 Å². The summed E-state index contributed by atoms with van der Waals surface area (Å²) in [5.74, 6) is -0.0254. The molecule has 6 heteroatoms. The van der Waals surface area contributed by atoms with Gasteiger partial charge in [0.2, 0.25) is 5.91 Å². The molecule has 0 aliphatic rings. The van der Waals surface area contributed by atoms with E-state index in [9.17, 15) is 9.59 Å². The summed E-state index contributed by atoms with van der Waals surface area (Å²) in [6.45, 7) is 3.51. The number of nitrogen functional groups attached to an aromatic ring is 1. The van der Waals surface area contributed by atoms with Crippen LogP contribution in [0.4, 0.5) is 5.69 Å². The highest BCUT2D eigenvalue weighted by atomic mass is 16.5. The number of nitrogens with two attached hydrogens (primary N) is 1. The van der Waals surface area contributed by atoms with Crippen LogP contribution in [0.2, 0.25) is 0 Å². The van der Waals surface area contributed by atoms with Gasteiger partial charge in [-0.2, -0.15) is 0 Å². The molecule has 0 aliphatic carbocycles. The van der Waals surface area contributed by atoms with Gasteiger partial charge in [-0.3, -0.25) is 9.59 Å². The molecular weight excluding hydrogens is 246 g/mol. The molecule has 0 aliphatic heterocycles. The predicted molar refractivity (Wildman–Crippen MR) is 72.6 cm³/mol. The summed E-state index contributed by atoms with van der Waals surface area (Å²) < 4.78 is 5.24. The molecule has 0 saturated heterocycles. The number of rotatable bonds is 6. The first-order valence-electron chi connectivity index (χ1n) is 6.02. The van der Waals surface area contributed by atoms with E-state index >= 15 is 0 Å². The Kier molecular flexibility index (Phi) is 5.66. The zero-order chi connectivity index (χ0) is 14.3. The fraction of sp³-hybridized carbons (Fsp3) is 0.385. The van der Waals surface area contributed by atoms with E-state index in [2.05, 4.69) is 10.6 Å². The van der Waals surface area contributed by atoms with Crippen molar-refractivity contribution in [3.05, 3.63) is 24.3 Å². The van der Waals surface area contributed by atoms with Crippen molar-refractivity contribution in [2.75, 3.05) is 18.9 Å². The van der Waals surface area contributed by atoms with Crippen molar-refractivity contribution >= 4 is 17.5 Å². The Morgan fingerprint density at radius 1 is 1.21 bits per heavy atom. The predicted octanol–water partition coefficient (Wildman–Crippen LogP) is 0.288. The molecule has 0 saturated carbocycles. The molecule has 0 aromatic heterocycles. The standard InChI is InChI=1S/C13H19N3O3/c1-9(2)16-12(17)7-15-13(18)8-19-11-5-3-10(14)4-6-11/h3-6,9H,7-8,14H2,1-2H3,(H,15,18)(H,16,17). The second-order valence-electron chi connectivity index (χ2n) is 4.36. The molecule has 0 unspecified atom stereocenters. The van der Waals surface area contributed by atoms with Crippen molar-refractivity contribution in [3.63, 3.8) is 0 Å². The Labute approximate surface area is 112 Å². The van der Waals surface area contributed by atoms with E-state index < -0.39 is 0 Å². The average Bonchev–Trinajstić information content (AvgIpc) is 2.35. The van der Waals surface area contributed by atoms with E-state index in [0.29, 0.717) is 11.4 Å². The molecule has 4 N–H and O–H groups in total. The number of anilines is 1. The van der Waals surface area contributed by atoms with Crippen LogP contribution in [0.25, 0.3) is 0 Å². The van der Waals surface area contributed by atoms with Crippen LogP contribution in [-0.4, -0.2) is 31.0 Å². The minimum atomic E-state index is -0.351. The van der Waals surface area contributed by atoms with E-state index in [4.69, 9.17) is 10.5 Å². The van der Waals surface area contributed by atoms with Gasteiger partial charge in [0.1, 0.15) is 5.75 Å². The number of carbonyl (C=O) groups is 2. The van der Waals surface area contributed by atoms with Gasteiger partial charge in [0.05, 0.1) is 6.54 Å². The Balaban J connectivity index is 2.24. The first-order chi connectivity index (χ1) is 8.97. The van der Waals surface area contributed by atoms with Crippen molar-refractivity contribution in [1.82, 2.24) is 10.6 Å². The van der Waals surface area contributed by atoms with Crippen LogP contribution >= 0.6 is 0 Å². The summed E-state index contributed by atoms with van der Waals surface area (Å²) in [4.78, 5) is 22.7.